The number of likely N-dealkylation sites (tertiary alicyclic amines) is 2. The molecule has 1 amide bonds. The maximum Gasteiger partial charge on any atom is 0.224 e. The number of amides is 1. The second kappa shape index (κ2) is 4.94. The summed E-state index contributed by atoms with van der Waals surface area (Å²) in [7, 11) is 0. The summed E-state index contributed by atoms with van der Waals surface area (Å²) < 4.78 is 0. The van der Waals surface area contributed by atoms with Gasteiger partial charge in [-0.1, -0.05) is 0 Å². The molecule has 4 nitrogen and oxygen atoms in total. The van der Waals surface area contributed by atoms with Gasteiger partial charge in [-0.2, -0.15) is 0 Å². The lowest BCUT2D eigenvalue weighted by Gasteiger charge is -2.34. The molecule has 1 atom stereocenters. The first kappa shape index (κ1) is 12.8. The highest BCUT2D eigenvalue weighted by Crippen LogP contribution is 2.29. The summed E-state index contributed by atoms with van der Waals surface area (Å²) in [6, 6.07) is 0. The smallest absolute Gasteiger partial charge is 0.224 e. The van der Waals surface area contributed by atoms with Gasteiger partial charge in [0, 0.05) is 19.5 Å². The van der Waals surface area contributed by atoms with E-state index >= 15 is 0 Å². The zero-order valence-electron chi connectivity index (χ0n) is 11.0. The molecule has 0 aromatic rings. The summed E-state index contributed by atoms with van der Waals surface area (Å²) in [5, 5.41) is 9.85. The highest BCUT2D eigenvalue weighted by molar-refractivity contribution is 5.77. The van der Waals surface area contributed by atoms with Crippen LogP contribution in [-0.4, -0.2) is 58.6 Å². The van der Waals surface area contributed by atoms with Crippen LogP contribution in [0.4, 0.5) is 0 Å². The minimum Gasteiger partial charge on any atom is -0.391 e. The maximum atomic E-state index is 12.2. The van der Waals surface area contributed by atoms with Crippen LogP contribution >= 0.6 is 0 Å². The van der Waals surface area contributed by atoms with Crippen LogP contribution in [-0.2, 0) is 4.79 Å². The van der Waals surface area contributed by atoms with Crippen molar-refractivity contribution in [3.63, 3.8) is 0 Å². The molecule has 17 heavy (non-hydrogen) atoms. The molecule has 2 rings (SSSR count). The van der Waals surface area contributed by atoms with E-state index in [2.05, 4.69) is 4.90 Å². The van der Waals surface area contributed by atoms with Crippen LogP contribution in [0.25, 0.3) is 0 Å². The quantitative estimate of drug-likeness (QED) is 0.795. The van der Waals surface area contributed by atoms with E-state index in [-0.39, 0.29) is 17.6 Å². The van der Waals surface area contributed by atoms with E-state index in [1.807, 2.05) is 18.7 Å². The molecular weight excluding hydrogens is 216 g/mol. The summed E-state index contributed by atoms with van der Waals surface area (Å²) in [4.78, 5) is 16.4. The topological polar surface area (TPSA) is 43.8 Å². The minimum absolute atomic E-state index is 0.193. The van der Waals surface area contributed by atoms with Gasteiger partial charge in [0.15, 0.2) is 0 Å². The van der Waals surface area contributed by atoms with Crippen molar-refractivity contribution in [1.29, 1.82) is 0 Å². The third-order valence-electron chi connectivity index (χ3n) is 4.28. The Labute approximate surface area is 104 Å². The van der Waals surface area contributed by atoms with Crippen molar-refractivity contribution >= 4 is 5.91 Å². The minimum atomic E-state index is -0.387. The number of nitrogens with zero attached hydrogens (tertiary/aromatic N) is 2. The Bertz CT molecular complexity index is 285. The predicted octanol–water partition coefficient (Wildman–Crippen LogP) is 0.844. The van der Waals surface area contributed by atoms with E-state index in [1.165, 1.54) is 12.8 Å². The fraction of sp³-hybridized carbons (Fsp3) is 0.923. The van der Waals surface area contributed by atoms with Gasteiger partial charge in [-0.15, -0.1) is 0 Å². The number of aliphatic hydroxyl groups excluding tert-OH is 1. The van der Waals surface area contributed by atoms with Crippen molar-refractivity contribution in [2.75, 3.05) is 26.2 Å². The largest absolute Gasteiger partial charge is 0.391 e. The van der Waals surface area contributed by atoms with Crippen LogP contribution < -0.4 is 0 Å². The van der Waals surface area contributed by atoms with Crippen molar-refractivity contribution in [2.24, 2.45) is 0 Å². The number of hydrogen-bond acceptors (Lipinski definition) is 3. The number of carbonyl (C=O) groups is 1. The Morgan fingerprint density at radius 1 is 1.29 bits per heavy atom. The van der Waals surface area contributed by atoms with Gasteiger partial charge >= 0.3 is 0 Å². The summed E-state index contributed by atoms with van der Waals surface area (Å²) in [6.07, 6.45) is 3.46. The molecule has 4 heteroatoms. The maximum absolute atomic E-state index is 12.2. The Morgan fingerprint density at radius 2 is 1.94 bits per heavy atom. The van der Waals surface area contributed by atoms with Crippen molar-refractivity contribution < 1.29 is 9.90 Å². The second-order valence-electron chi connectivity index (χ2n) is 5.80. The molecule has 1 N–H and O–H groups in total. The van der Waals surface area contributed by atoms with Crippen LogP contribution in [0.15, 0.2) is 0 Å². The van der Waals surface area contributed by atoms with Gasteiger partial charge < -0.3 is 14.9 Å². The molecule has 0 saturated carbocycles. The SMILES string of the molecule is CC1(C)C(O)CCN1C(=O)CCN1CCCC1. The lowest BCUT2D eigenvalue weighted by Crippen LogP contribution is -2.48. The molecule has 2 aliphatic rings. The molecule has 2 saturated heterocycles. The Hall–Kier alpha value is -0.610. The fourth-order valence-electron chi connectivity index (χ4n) is 2.91. The third-order valence-corrected chi connectivity index (χ3v) is 4.28. The summed E-state index contributed by atoms with van der Waals surface area (Å²) in [6.45, 7) is 7.77. The first-order valence-corrected chi connectivity index (χ1v) is 6.72. The normalized spacial score (nSPS) is 28.9. The zero-order valence-corrected chi connectivity index (χ0v) is 11.0. The third kappa shape index (κ3) is 2.63. The summed E-state index contributed by atoms with van der Waals surface area (Å²) in [5.41, 5.74) is -0.387. The molecule has 0 bridgehead atoms. The lowest BCUT2D eigenvalue weighted by molar-refractivity contribution is -0.136. The second-order valence-corrected chi connectivity index (χ2v) is 5.80. The number of aliphatic hydroxyl groups is 1. The van der Waals surface area contributed by atoms with Crippen molar-refractivity contribution in [1.82, 2.24) is 9.80 Å². The Kier molecular flexibility index (Phi) is 3.73. The zero-order chi connectivity index (χ0) is 12.5. The molecule has 0 aromatic carbocycles. The highest BCUT2D eigenvalue weighted by Gasteiger charge is 2.42. The van der Waals surface area contributed by atoms with Crippen molar-refractivity contribution in [2.45, 2.75) is 51.2 Å². The van der Waals surface area contributed by atoms with Gasteiger partial charge in [0.2, 0.25) is 5.91 Å². The lowest BCUT2D eigenvalue weighted by atomic mass is 9.98. The molecular formula is C13H24N2O2. The van der Waals surface area contributed by atoms with Gasteiger partial charge in [-0.25, -0.2) is 0 Å². The molecule has 2 heterocycles. The highest BCUT2D eigenvalue weighted by atomic mass is 16.3. The standard InChI is InChI=1S/C13H24N2O2/c1-13(2)11(16)5-10-15(13)12(17)6-9-14-7-3-4-8-14/h11,16H,3-10H2,1-2H3. The van der Waals surface area contributed by atoms with E-state index in [0.717, 1.165) is 19.6 Å². The molecule has 98 valence electrons. The Morgan fingerprint density at radius 3 is 2.47 bits per heavy atom. The monoisotopic (exact) mass is 240 g/mol. The van der Waals surface area contributed by atoms with E-state index < -0.39 is 0 Å². The fourth-order valence-corrected chi connectivity index (χ4v) is 2.91. The molecule has 0 aromatic heterocycles. The number of carbonyl (C=O) groups excluding carboxylic acids is 1. The van der Waals surface area contributed by atoms with Crippen LogP contribution in [0.5, 0.6) is 0 Å². The number of hydrogen-bond donors (Lipinski definition) is 1. The van der Waals surface area contributed by atoms with Crippen molar-refractivity contribution in [3.05, 3.63) is 0 Å². The van der Waals surface area contributed by atoms with Crippen LogP contribution in [0.2, 0.25) is 0 Å². The molecule has 2 fully saturated rings. The molecule has 1 unspecified atom stereocenters. The predicted molar refractivity (Wildman–Crippen MR) is 66.7 cm³/mol. The van der Waals surface area contributed by atoms with Crippen LogP contribution in [0.1, 0.15) is 39.5 Å². The van der Waals surface area contributed by atoms with Gasteiger partial charge in [0.1, 0.15) is 0 Å². The molecule has 0 spiro atoms. The molecule has 0 radical (unpaired) electrons. The first-order valence-electron chi connectivity index (χ1n) is 6.72. The van der Waals surface area contributed by atoms with Gasteiger partial charge in [0.05, 0.1) is 11.6 Å². The van der Waals surface area contributed by atoms with Crippen LogP contribution in [0, 0.1) is 0 Å². The summed E-state index contributed by atoms with van der Waals surface area (Å²) >= 11 is 0. The Balaban J connectivity index is 1.83. The van der Waals surface area contributed by atoms with E-state index in [0.29, 0.717) is 19.4 Å². The van der Waals surface area contributed by atoms with Gasteiger partial charge in [-0.3, -0.25) is 4.79 Å². The van der Waals surface area contributed by atoms with E-state index in [9.17, 15) is 9.90 Å². The van der Waals surface area contributed by atoms with E-state index in [4.69, 9.17) is 0 Å². The van der Waals surface area contributed by atoms with Crippen molar-refractivity contribution in [3.8, 4) is 0 Å². The number of rotatable bonds is 3. The van der Waals surface area contributed by atoms with E-state index in [1.54, 1.807) is 0 Å². The van der Waals surface area contributed by atoms with Gasteiger partial charge in [-0.05, 0) is 46.2 Å². The van der Waals surface area contributed by atoms with Gasteiger partial charge in [0.25, 0.3) is 0 Å². The average Bonchev–Trinajstić information content (AvgIpc) is 2.86. The molecule has 2 aliphatic heterocycles. The average molecular weight is 240 g/mol. The van der Waals surface area contributed by atoms with Crippen LogP contribution in [0.3, 0.4) is 0 Å². The first-order chi connectivity index (χ1) is 8.01. The summed E-state index contributed by atoms with van der Waals surface area (Å²) in [5.74, 6) is 0.193. The molecule has 0 aliphatic carbocycles.